The molecule has 30 heavy (non-hydrogen) atoms. The van der Waals surface area contributed by atoms with Crippen LogP contribution < -0.4 is 0 Å². The fourth-order valence-corrected chi connectivity index (χ4v) is 4.40. The molecule has 0 saturated heterocycles. The van der Waals surface area contributed by atoms with Gasteiger partial charge in [-0.15, -0.1) is 0 Å². The van der Waals surface area contributed by atoms with E-state index >= 15 is 0 Å². The highest BCUT2D eigenvalue weighted by molar-refractivity contribution is 5.87. The monoisotopic (exact) mass is 404 g/mol. The zero-order valence-electron chi connectivity index (χ0n) is 16.1. The minimum Gasteiger partial charge on any atom is -0.492 e. The summed E-state index contributed by atoms with van der Waals surface area (Å²) in [5, 5.41) is 28.2. The molecule has 1 aliphatic rings. The number of hydrogen-bond acceptors (Lipinski definition) is 6. The van der Waals surface area contributed by atoms with Gasteiger partial charge in [0.1, 0.15) is 11.0 Å². The van der Waals surface area contributed by atoms with Crippen molar-refractivity contribution in [2.45, 2.75) is 37.6 Å². The zero-order chi connectivity index (χ0) is 20.7. The first kappa shape index (κ1) is 18.3. The Morgan fingerprint density at radius 3 is 2.53 bits per heavy atom. The second kappa shape index (κ2) is 6.94. The lowest BCUT2D eigenvalue weighted by Crippen LogP contribution is -2.29. The van der Waals surface area contributed by atoms with E-state index in [0.717, 1.165) is 25.7 Å². The van der Waals surface area contributed by atoms with Crippen molar-refractivity contribution >= 4 is 17.0 Å². The number of benzene rings is 1. The van der Waals surface area contributed by atoms with Crippen LogP contribution in [0.2, 0.25) is 0 Å². The van der Waals surface area contributed by atoms with Crippen molar-refractivity contribution in [2.24, 2.45) is 0 Å². The molecule has 9 nitrogen and oxygen atoms in total. The molecule has 152 valence electrons. The van der Waals surface area contributed by atoms with Gasteiger partial charge >= 0.3 is 5.97 Å². The number of aromatic nitrogens is 6. The first-order valence-electron chi connectivity index (χ1n) is 9.82. The Kier molecular flexibility index (Phi) is 4.23. The van der Waals surface area contributed by atoms with Gasteiger partial charge in [-0.3, -0.25) is 4.68 Å². The highest BCUT2D eigenvalue weighted by Gasteiger charge is 2.37. The van der Waals surface area contributed by atoms with Crippen LogP contribution in [0.25, 0.3) is 17.0 Å². The summed E-state index contributed by atoms with van der Waals surface area (Å²) < 4.78 is 3.00. The summed E-state index contributed by atoms with van der Waals surface area (Å²) >= 11 is 0. The summed E-state index contributed by atoms with van der Waals surface area (Å²) in [5.74, 6) is -1.21. The maximum atomic E-state index is 11.1. The van der Waals surface area contributed by atoms with Crippen LogP contribution >= 0.6 is 0 Å². The number of hydrogen-bond donors (Lipinski definition) is 2. The van der Waals surface area contributed by atoms with Gasteiger partial charge in [-0.05, 0) is 18.4 Å². The topological polar surface area (TPSA) is 119 Å². The van der Waals surface area contributed by atoms with Crippen LogP contribution in [0.15, 0.2) is 48.9 Å². The molecule has 0 bridgehead atoms. The first-order chi connectivity index (χ1) is 14.6. The predicted octanol–water partition coefficient (Wildman–Crippen LogP) is 2.93. The Balaban J connectivity index is 1.54. The molecule has 0 spiro atoms. The second-order valence-corrected chi connectivity index (χ2v) is 7.72. The fraction of sp³-hybridized carbons (Fsp3) is 0.286. The predicted molar refractivity (Wildman–Crippen MR) is 108 cm³/mol. The Bertz CT molecular complexity index is 1220. The van der Waals surface area contributed by atoms with Crippen LogP contribution in [0, 0.1) is 0 Å². The summed E-state index contributed by atoms with van der Waals surface area (Å²) in [6, 6.07) is 10.4. The van der Waals surface area contributed by atoms with Crippen LogP contribution in [-0.4, -0.2) is 45.7 Å². The number of carboxylic acids is 1. The van der Waals surface area contributed by atoms with Crippen LogP contribution in [0.3, 0.4) is 0 Å². The molecule has 0 amide bonds. The van der Waals surface area contributed by atoms with Gasteiger partial charge < -0.3 is 10.2 Å². The number of fused-ring (bicyclic) bond motifs is 1. The average molecular weight is 404 g/mol. The molecule has 0 aliphatic heterocycles. The maximum Gasteiger partial charge on any atom is 0.338 e. The van der Waals surface area contributed by atoms with E-state index in [2.05, 4.69) is 44.4 Å². The molecular formula is C21H20N6O3. The van der Waals surface area contributed by atoms with Gasteiger partial charge in [0, 0.05) is 11.6 Å². The van der Waals surface area contributed by atoms with Crippen molar-refractivity contribution in [3.05, 3.63) is 60.0 Å². The normalized spacial score (nSPS) is 15.6. The van der Waals surface area contributed by atoms with E-state index in [1.807, 2.05) is 6.07 Å². The number of carboxylic acid groups (broad SMARTS) is 1. The highest BCUT2D eigenvalue weighted by Crippen LogP contribution is 2.43. The largest absolute Gasteiger partial charge is 0.492 e. The third-order valence-corrected chi connectivity index (χ3v) is 5.89. The number of aromatic carboxylic acids is 1. The average Bonchev–Trinajstić information content (AvgIpc) is 3.49. The number of carbonyl (C=O) groups is 1. The van der Waals surface area contributed by atoms with E-state index in [1.54, 1.807) is 10.9 Å². The lowest BCUT2D eigenvalue weighted by atomic mass is 9.79. The molecule has 1 fully saturated rings. The molecule has 4 aromatic rings. The number of nitrogens with zero attached hydrogens (tertiary/aromatic N) is 6. The van der Waals surface area contributed by atoms with Crippen LogP contribution in [-0.2, 0) is 12.0 Å². The van der Waals surface area contributed by atoms with E-state index in [0.29, 0.717) is 17.6 Å². The standard InChI is InChI=1S/C21H20N6O3/c28-18-17-16(24-20(25-18)26-12-14(10-22-26)19(29)30)11-23-27(17)13-21(8-4-5-9-21)15-6-2-1-3-7-15/h1-3,6-7,10-12H,4-5,8-9,13H2,(H,29,30)(H,24,25,28). The Labute approximate surface area is 171 Å². The lowest BCUT2D eigenvalue weighted by molar-refractivity contribution is 0.0697. The smallest absolute Gasteiger partial charge is 0.338 e. The quantitative estimate of drug-likeness (QED) is 0.525. The van der Waals surface area contributed by atoms with Crippen molar-refractivity contribution in [3.8, 4) is 11.8 Å². The van der Waals surface area contributed by atoms with Crippen LogP contribution in [0.1, 0.15) is 41.6 Å². The summed E-state index contributed by atoms with van der Waals surface area (Å²) in [5.41, 5.74) is 2.20. The summed E-state index contributed by atoms with van der Waals surface area (Å²) in [6.45, 7) is 0.627. The van der Waals surface area contributed by atoms with Crippen molar-refractivity contribution in [1.82, 2.24) is 29.5 Å². The van der Waals surface area contributed by atoms with E-state index in [-0.39, 0.29) is 22.8 Å². The minimum absolute atomic E-state index is 0.0138. The van der Waals surface area contributed by atoms with Gasteiger partial charge in [-0.25, -0.2) is 14.5 Å². The fourth-order valence-electron chi connectivity index (χ4n) is 4.40. The molecule has 2 N–H and O–H groups in total. The molecular weight excluding hydrogens is 384 g/mol. The third kappa shape index (κ3) is 2.99. The number of rotatable bonds is 5. The molecule has 1 aliphatic carbocycles. The molecule has 1 saturated carbocycles. The zero-order valence-corrected chi connectivity index (χ0v) is 16.1. The molecule has 0 radical (unpaired) electrons. The molecule has 3 heterocycles. The molecule has 1 aromatic carbocycles. The lowest BCUT2D eigenvalue weighted by Gasteiger charge is -2.30. The molecule has 5 rings (SSSR count). The minimum atomic E-state index is -1.10. The SMILES string of the molecule is O=C(O)c1cnn(-c2nc(O)c3c(cnn3CC3(c4ccccc4)CCCC3)n2)c1. The van der Waals surface area contributed by atoms with Gasteiger partial charge in [0.2, 0.25) is 5.88 Å². The van der Waals surface area contributed by atoms with Crippen molar-refractivity contribution in [3.63, 3.8) is 0 Å². The van der Waals surface area contributed by atoms with E-state index in [9.17, 15) is 9.90 Å². The van der Waals surface area contributed by atoms with Crippen molar-refractivity contribution < 1.29 is 15.0 Å². The van der Waals surface area contributed by atoms with Crippen LogP contribution in [0.4, 0.5) is 0 Å². The summed E-state index contributed by atoms with van der Waals surface area (Å²) in [4.78, 5) is 19.6. The van der Waals surface area contributed by atoms with E-state index in [4.69, 9.17) is 5.11 Å². The van der Waals surface area contributed by atoms with Gasteiger partial charge in [-0.2, -0.15) is 15.2 Å². The van der Waals surface area contributed by atoms with Gasteiger partial charge in [0.15, 0.2) is 0 Å². The van der Waals surface area contributed by atoms with E-state index < -0.39 is 5.97 Å². The second-order valence-electron chi connectivity index (χ2n) is 7.72. The highest BCUT2D eigenvalue weighted by atomic mass is 16.4. The third-order valence-electron chi connectivity index (χ3n) is 5.89. The maximum absolute atomic E-state index is 11.1. The summed E-state index contributed by atoms with van der Waals surface area (Å²) in [6.07, 6.45) is 8.54. The molecule has 3 aromatic heterocycles. The van der Waals surface area contributed by atoms with Gasteiger partial charge in [-0.1, -0.05) is 43.2 Å². The number of aromatic hydroxyl groups is 1. The first-order valence-corrected chi connectivity index (χ1v) is 9.82. The molecule has 0 atom stereocenters. The van der Waals surface area contributed by atoms with E-state index in [1.165, 1.54) is 22.6 Å². The van der Waals surface area contributed by atoms with Crippen LogP contribution in [0.5, 0.6) is 5.88 Å². The van der Waals surface area contributed by atoms with Crippen molar-refractivity contribution in [2.75, 3.05) is 0 Å². The Morgan fingerprint density at radius 1 is 1.07 bits per heavy atom. The van der Waals surface area contributed by atoms with Gasteiger partial charge in [0.25, 0.3) is 5.95 Å². The molecule has 9 heteroatoms. The Hall–Kier alpha value is -3.75. The van der Waals surface area contributed by atoms with Crippen molar-refractivity contribution in [1.29, 1.82) is 0 Å². The molecule has 0 unspecified atom stereocenters. The summed E-state index contributed by atoms with van der Waals surface area (Å²) in [7, 11) is 0. The van der Waals surface area contributed by atoms with Gasteiger partial charge in [0.05, 0.1) is 24.5 Å². The Morgan fingerprint density at radius 2 is 1.83 bits per heavy atom.